The Hall–Kier alpha value is -3.52. The molecule has 1 heterocycles. The minimum absolute atomic E-state index is 0.126. The molecule has 154 valence electrons. The van der Waals surface area contributed by atoms with Gasteiger partial charge in [0.2, 0.25) is 0 Å². The molecule has 0 bridgehead atoms. The SMILES string of the molecule is CCOC(=O)c1c(-c2ccc(CC)cc2)csc1NC(=O)c1cccc([N+](=O)[O-])c1. The van der Waals surface area contributed by atoms with E-state index in [1.807, 2.05) is 24.3 Å². The number of nitro benzene ring substituents is 1. The summed E-state index contributed by atoms with van der Waals surface area (Å²) >= 11 is 1.20. The topological polar surface area (TPSA) is 98.5 Å². The number of aryl methyl sites for hydroxylation is 1. The van der Waals surface area contributed by atoms with Gasteiger partial charge in [-0.1, -0.05) is 37.3 Å². The lowest BCUT2D eigenvalue weighted by molar-refractivity contribution is -0.384. The highest BCUT2D eigenvalue weighted by Crippen LogP contribution is 2.36. The van der Waals surface area contributed by atoms with Crippen molar-refractivity contribution in [2.75, 3.05) is 11.9 Å². The highest BCUT2D eigenvalue weighted by molar-refractivity contribution is 7.15. The van der Waals surface area contributed by atoms with E-state index in [0.717, 1.165) is 12.0 Å². The molecule has 1 N–H and O–H groups in total. The number of esters is 1. The number of amides is 1. The van der Waals surface area contributed by atoms with Crippen LogP contribution in [0.2, 0.25) is 0 Å². The molecule has 0 aliphatic heterocycles. The van der Waals surface area contributed by atoms with E-state index in [-0.39, 0.29) is 23.4 Å². The predicted molar refractivity (Wildman–Crippen MR) is 116 cm³/mol. The number of carbonyl (C=O) groups is 2. The summed E-state index contributed by atoms with van der Waals surface area (Å²) in [4.78, 5) is 35.7. The number of ether oxygens (including phenoxy) is 1. The van der Waals surface area contributed by atoms with Crippen molar-refractivity contribution in [1.82, 2.24) is 0 Å². The van der Waals surface area contributed by atoms with E-state index >= 15 is 0 Å². The third-order valence-electron chi connectivity index (χ3n) is 4.49. The lowest BCUT2D eigenvalue weighted by atomic mass is 10.0. The molecule has 0 aliphatic carbocycles. The lowest BCUT2D eigenvalue weighted by Crippen LogP contribution is -2.15. The van der Waals surface area contributed by atoms with E-state index in [0.29, 0.717) is 10.6 Å². The first-order valence-electron chi connectivity index (χ1n) is 9.38. The van der Waals surface area contributed by atoms with Gasteiger partial charge in [0.15, 0.2) is 0 Å². The largest absolute Gasteiger partial charge is 0.462 e. The van der Waals surface area contributed by atoms with E-state index < -0.39 is 16.8 Å². The van der Waals surface area contributed by atoms with Crippen LogP contribution in [-0.4, -0.2) is 23.4 Å². The van der Waals surface area contributed by atoms with Gasteiger partial charge < -0.3 is 10.1 Å². The fraction of sp³-hybridized carbons (Fsp3) is 0.182. The van der Waals surface area contributed by atoms with Crippen LogP contribution in [0.25, 0.3) is 11.1 Å². The number of nitrogens with one attached hydrogen (secondary N) is 1. The summed E-state index contributed by atoms with van der Waals surface area (Å²) in [5.41, 5.74) is 2.88. The Balaban J connectivity index is 1.97. The van der Waals surface area contributed by atoms with Crippen molar-refractivity contribution in [3.8, 4) is 11.1 Å². The lowest BCUT2D eigenvalue weighted by Gasteiger charge is -2.09. The third-order valence-corrected chi connectivity index (χ3v) is 5.39. The van der Waals surface area contributed by atoms with Crippen LogP contribution in [-0.2, 0) is 11.2 Å². The van der Waals surface area contributed by atoms with Crippen LogP contribution >= 0.6 is 11.3 Å². The number of nitrogens with zero attached hydrogens (tertiary/aromatic N) is 1. The van der Waals surface area contributed by atoms with Crippen LogP contribution in [0, 0.1) is 10.1 Å². The number of hydrogen-bond donors (Lipinski definition) is 1. The van der Waals surface area contributed by atoms with E-state index in [2.05, 4.69) is 12.2 Å². The summed E-state index contributed by atoms with van der Waals surface area (Å²) in [5.74, 6) is -1.08. The second-order valence-corrected chi connectivity index (χ2v) is 7.27. The quantitative estimate of drug-likeness (QED) is 0.315. The Morgan fingerprint density at radius 1 is 1.13 bits per heavy atom. The van der Waals surface area contributed by atoms with Gasteiger partial charge in [0.25, 0.3) is 11.6 Å². The number of benzene rings is 2. The zero-order valence-corrected chi connectivity index (χ0v) is 17.3. The summed E-state index contributed by atoms with van der Waals surface area (Å²) in [5, 5.41) is 15.8. The standard InChI is InChI=1S/C22H20N2O5S/c1-3-14-8-10-15(11-9-14)18-13-30-21(19(18)22(26)29-4-2)23-20(25)16-6-5-7-17(12-16)24(27)28/h5-13H,3-4H2,1-2H3,(H,23,25). The molecule has 1 amide bonds. The Morgan fingerprint density at radius 3 is 2.50 bits per heavy atom. The summed E-state index contributed by atoms with van der Waals surface area (Å²) < 4.78 is 5.20. The average Bonchev–Trinajstić information content (AvgIpc) is 3.17. The summed E-state index contributed by atoms with van der Waals surface area (Å²) in [6, 6.07) is 13.2. The summed E-state index contributed by atoms with van der Waals surface area (Å²) in [6.45, 7) is 3.97. The van der Waals surface area contributed by atoms with Gasteiger partial charge in [-0.3, -0.25) is 14.9 Å². The molecule has 2 aromatic carbocycles. The van der Waals surface area contributed by atoms with Crippen molar-refractivity contribution in [3.05, 3.63) is 80.7 Å². The Morgan fingerprint density at radius 2 is 1.87 bits per heavy atom. The van der Waals surface area contributed by atoms with Crippen molar-refractivity contribution in [1.29, 1.82) is 0 Å². The maximum atomic E-state index is 12.7. The minimum Gasteiger partial charge on any atom is -0.462 e. The first-order valence-corrected chi connectivity index (χ1v) is 10.3. The molecule has 0 radical (unpaired) electrons. The van der Waals surface area contributed by atoms with E-state index in [4.69, 9.17) is 4.74 Å². The monoisotopic (exact) mass is 424 g/mol. The zero-order chi connectivity index (χ0) is 21.7. The molecule has 3 rings (SSSR count). The van der Waals surface area contributed by atoms with Crippen LogP contribution in [0.5, 0.6) is 0 Å². The summed E-state index contributed by atoms with van der Waals surface area (Å²) in [6.07, 6.45) is 0.902. The van der Waals surface area contributed by atoms with Gasteiger partial charge in [0.1, 0.15) is 10.6 Å². The van der Waals surface area contributed by atoms with Crippen molar-refractivity contribution in [2.45, 2.75) is 20.3 Å². The molecule has 0 atom stereocenters. The number of rotatable bonds is 7. The fourth-order valence-electron chi connectivity index (χ4n) is 2.92. The molecule has 0 saturated carbocycles. The Bertz CT molecular complexity index is 1090. The van der Waals surface area contributed by atoms with E-state index in [9.17, 15) is 19.7 Å². The third kappa shape index (κ3) is 4.55. The molecule has 3 aromatic rings. The van der Waals surface area contributed by atoms with Crippen LogP contribution in [0.4, 0.5) is 10.7 Å². The fourth-order valence-corrected chi connectivity index (χ4v) is 3.88. The minimum atomic E-state index is -0.565. The first-order chi connectivity index (χ1) is 14.4. The van der Waals surface area contributed by atoms with Gasteiger partial charge in [-0.15, -0.1) is 11.3 Å². The molecular formula is C22H20N2O5S. The molecule has 1 aromatic heterocycles. The molecule has 0 aliphatic rings. The number of nitro groups is 1. The van der Waals surface area contributed by atoms with E-state index in [1.54, 1.807) is 12.3 Å². The zero-order valence-electron chi connectivity index (χ0n) is 16.5. The number of carbonyl (C=O) groups excluding carboxylic acids is 2. The highest BCUT2D eigenvalue weighted by Gasteiger charge is 2.23. The van der Waals surface area contributed by atoms with E-state index in [1.165, 1.54) is 41.2 Å². The van der Waals surface area contributed by atoms with Gasteiger partial charge in [0.05, 0.1) is 11.5 Å². The Labute approximate surface area is 177 Å². The van der Waals surface area contributed by atoms with Gasteiger partial charge in [0, 0.05) is 28.6 Å². The second-order valence-electron chi connectivity index (χ2n) is 6.39. The van der Waals surface area contributed by atoms with Crippen molar-refractivity contribution < 1.29 is 19.2 Å². The molecular weight excluding hydrogens is 404 g/mol. The van der Waals surface area contributed by atoms with Crippen LogP contribution < -0.4 is 5.32 Å². The number of hydrogen-bond acceptors (Lipinski definition) is 6. The number of anilines is 1. The van der Waals surface area contributed by atoms with Crippen molar-refractivity contribution in [2.24, 2.45) is 0 Å². The molecule has 0 fully saturated rings. The maximum absolute atomic E-state index is 12.7. The van der Waals surface area contributed by atoms with Crippen LogP contribution in [0.15, 0.2) is 53.9 Å². The second kappa shape index (κ2) is 9.32. The number of thiophene rings is 1. The molecule has 0 saturated heterocycles. The van der Waals surface area contributed by atoms with Gasteiger partial charge in [-0.25, -0.2) is 4.79 Å². The maximum Gasteiger partial charge on any atom is 0.341 e. The van der Waals surface area contributed by atoms with Crippen molar-refractivity contribution in [3.63, 3.8) is 0 Å². The highest BCUT2D eigenvalue weighted by atomic mass is 32.1. The smallest absolute Gasteiger partial charge is 0.341 e. The average molecular weight is 424 g/mol. The Kier molecular flexibility index (Phi) is 6.58. The number of non-ortho nitro benzene ring substituents is 1. The van der Waals surface area contributed by atoms with Gasteiger partial charge in [-0.05, 0) is 30.5 Å². The van der Waals surface area contributed by atoms with Crippen LogP contribution in [0.3, 0.4) is 0 Å². The molecule has 30 heavy (non-hydrogen) atoms. The first kappa shape index (κ1) is 21.2. The molecule has 8 heteroatoms. The molecule has 7 nitrogen and oxygen atoms in total. The van der Waals surface area contributed by atoms with Crippen LogP contribution in [0.1, 0.15) is 40.1 Å². The molecule has 0 spiro atoms. The van der Waals surface area contributed by atoms with Crippen molar-refractivity contribution >= 4 is 33.9 Å². The van der Waals surface area contributed by atoms with Gasteiger partial charge >= 0.3 is 5.97 Å². The van der Waals surface area contributed by atoms with Gasteiger partial charge in [-0.2, -0.15) is 0 Å². The summed E-state index contributed by atoms with van der Waals surface area (Å²) in [7, 11) is 0. The normalized spacial score (nSPS) is 10.5. The molecule has 0 unspecified atom stereocenters. The predicted octanol–water partition coefficient (Wildman–Crippen LogP) is 5.31.